The number of aliphatic hydroxyl groups is 1. The standard InChI is InChI=1S/C26H23FN2O5/c1-33-20-10-5-16(14-21(20)34-2)11-13-29-23(18-4-3-12-28-15-18)22(25(31)26(29)32)24(30)17-6-8-19(27)9-7-17/h3-10,12,14-15,23,30H,11,13H2,1-2H3/t23-/m0/s1. The van der Waals surface area contributed by atoms with E-state index in [1.807, 2.05) is 12.1 Å². The fourth-order valence-electron chi connectivity index (χ4n) is 4.04. The van der Waals surface area contributed by atoms with Crippen molar-refractivity contribution in [2.75, 3.05) is 20.8 Å². The Balaban J connectivity index is 1.72. The maximum absolute atomic E-state index is 13.4. The molecule has 4 rings (SSSR count). The summed E-state index contributed by atoms with van der Waals surface area (Å²) >= 11 is 0. The van der Waals surface area contributed by atoms with Crippen LogP contribution in [0.3, 0.4) is 0 Å². The zero-order valence-corrected chi connectivity index (χ0v) is 18.7. The molecule has 2 aromatic carbocycles. The number of halogens is 1. The number of hydrogen-bond donors (Lipinski definition) is 1. The Labute approximate surface area is 196 Å². The number of Topliss-reactive ketones (excluding diaryl/α,β-unsaturated/α-hetero) is 1. The number of nitrogens with zero attached hydrogens (tertiary/aromatic N) is 2. The van der Waals surface area contributed by atoms with E-state index in [9.17, 15) is 19.1 Å². The van der Waals surface area contributed by atoms with Crippen molar-refractivity contribution in [3.05, 3.63) is 95.1 Å². The van der Waals surface area contributed by atoms with Crippen molar-refractivity contribution < 1.29 is 28.6 Å². The number of aromatic nitrogens is 1. The first-order valence-electron chi connectivity index (χ1n) is 10.6. The molecule has 0 saturated carbocycles. The van der Waals surface area contributed by atoms with Crippen LogP contribution in [0.1, 0.15) is 22.7 Å². The monoisotopic (exact) mass is 462 g/mol. The van der Waals surface area contributed by atoms with Gasteiger partial charge in [0.15, 0.2) is 11.5 Å². The molecule has 1 amide bonds. The van der Waals surface area contributed by atoms with Gasteiger partial charge in [-0.15, -0.1) is 0 Å². The average Bonchev–Trinajstić information content (AvgIpc) is 3.12. The predicted octanol–water partition coefficient (Wildman–Crippen LogP) is 3.90. The number of carbonyl (C=O) groups is 2. The van der Waals surface area contributed by atoms with Crippen LogP contribution in [0.25, 0.3) is 5.76 Å². The highest BCUT2D eigenvalue weighted by Crippen LogP contribution is 2.39. The maximum Gasteiger partial charge on any atom is 0.295 e. The lowest BCUT2D eigenvalue weighted by atomic mass is 9.96. The Hall–Kier alpha value is -4.20. The Morgan fingerprint density at radius 3 is 2.44 bits per heavy atom. The van der Waals surface area contributed by atoms with Crippen molar-refractivity contribution >= 4 is 17.4 Å². The van der Waals surface area contributed by atoms with Crippen LogP contribution in [0.15, 0.2) is 72.6 Å². The number of ketones is 1. The van der Waals surface area contributed by atoms with Gasteiger partial charge in [0.25, 0.3) is 11.7 Å². The molecule has 1 aliphatic rings. The van der Waals surface area contributed by atoms with Crippen LogP contribution in [0.2, 0.25) is 0 Å². The summed E-state index contributed by atoms with van der Waals surface area (Å²) in [7, 11) is 3.09. The molecule has 0 unspecified atom stereocenters. The van der Waals surface area contributed by atoms with Crippen LogP contribution in [0.4, 0.5) is 4.39 Å². The van der Waals surface area contributed by atoms with Gasteiger partial charge < -0.3 is 19.5 Å². The lowest BCUT2D eigenvalue weighted by Gasteiger charge is -2.25. The van der Waals surface area contributed by atoms with Crippen LogP contribution < -0.4 is 9.47 Å². The van der Waals surface area contributed by atoms with E-state index >= 15 is 0 Å². The summed E-state index contributed by atoms with van der Waals surface area (Å²) in [5.41, 5.74) is 1.64. The van der Waals surface area contributed by atoms with E-state index in [2.05, 4.69) is 4.98 Å². The number of pyridine rings is 1. The van der Waals surface area contributed by atoms with Crippen molar-refractivity contribution in [3.63, 3.8) is 0 Å². The minimum atomic E-state index is -0.834. The van der Waals surface area contributed by atoms with Gasteiger partial charge in [-0.3, -0.25) is 14.6 Å². The van der Waals surface area contributed by atoms with Crippen molar-refractivity contribution in [1.29, 1.82) is 0 Å². The molecule has 1 aromatic heterocycles. The van der Waals surface area contributed by atoms with E-state index in [1.165, 1.54) is 36.3 Å². The van der Waals surface area contributed by atoms with E-state index in [4.69, 9.17) is 9.47 Å². The number of benzene rings is 2. The zero-order chi connectivity index (χ0) is 24.2. The smallest absolute Gasteiger partial charge is 0.295 e. The lowest BCUT2D eigenvalue weighted by Crippen LogP contribution is -2.31. The second kappa shape index (κ2) is 9.74. The highest BCUT2D eigenvalue weighted by Gasteiger charge is 2.45. The first kappa shape index (κ1) is 23.0. The molecule has 2 heterocycles. The number of rotatable bonds is 7. The van der Waals surface area contributed by atoms with Crippen LogP contribution in [-0.4, -0.2) is 47.4 Å². The van der Waals surface area contributed by atoms with E-state index in [1.54, 1.807) is 37.7 Å². The second-order valence-corrected chi connectivity index (χ2v) is 7.73. The molecule has 0 spiro atoms. The third-order valence-electron chi connectivity index (χ3n) is 5.75. The summed E-state index contributed by atoms with van der Waals surface area (Å²) in [6.07, 6.45) is 3.57. The Morgan fingerprint density at radius 2 is 1.79 bits per heavy atom. The van der Waals surface area contributed by atoms with Gasteiger partial charge in [-0.1, -0.05) is 12.1 Å². The van der Waals surface area contributed by atoms with Gasteiger partial charge in [-0.25, -0.2) is 4.39 Å². The third-order valence-corrected chi connectivity index (χ3v) is 5.75. The molecule has 3 aromatic rings. The van der Waals surface area contributed by atoms with Crippen LogP contribution in [0.5, 0.6) is 11.5 Å². The first-order valence-corrected chi connectivity index (χ1v) is 10.6. The van der Waals surface area contributed by atoms with E-state index in [0.717, 1.165) is 5.56 Å². The molecule has 1 saturated heterocycles. The Kier molecular flexibility index (Phi) is 6.58. The van der Waals surface area contributed by atoms with Gasteiger partial charge in [0, 0.05) is 24.5 Å². The fourth-order valence-corrected chi connectivity index (χ4v) is 4.04. The largest absolute Gasteiger partial charge is 0.507 e. The average molecular weight is 462 g/mol. The number of hydrogen-bond acceptors (Lipinski definition) is 6. The second-order valence-electron chi connectivity index (χ2n) is 7.73. The fraction of sp³-hybridized carbons (Fsp3) is 0.192. The van der Waals surface area contributed by atoms with Gasteiger partial charge in [-0.2, -0.15) is 0 Å². The molecule has 0 aliphatic carbocycles. The van der Waals surface area contributed by atoms with Crippen molar-refractivity contribution in [1.82, 2.24) is 9.88 Å². The molecule has 0 radical (unpaired) electrons. The van der Waals surface area contributed by atoms with Crippen LogP contribution in [0, 0.1) is 5.82 Å². The third kappa shape index (κ3) is 4.34. The molecule has 174 valence electrons. The normalized spacial score (nSPS) is 17.1. The molecule has 1 aliphatic heterocycles. The van der Waals surface area contributed by atoms with Gasteiger partial charge >= 0.3 is 0 Å². The Morgan fingerprint density at radius 1 is 1.06 bits per heavy atom. The van der Waals surface area contributed by atoms with E-state index in [0.29, 0.717) is 23.5 Å². The molecule has 0 bridgehead atoms. The van der Waals surface area contributed by atoms with Crippen molar-refractivity contribution in [2.45, 2.75) is 12.5 Å². The molecule has 8 heteroatoms. The zero-order valence-electron chi connectivity index (χ0n) is 18.7. The highest BCUT2D eigenvalue weighted by molar-refractivity contribution is 6.46. The quantitative estimate of drug-likeness (QED) is 0.326. The van der Waals surface area contributed by atoms with Gasteiger partial charge in [0.1, 0.15) is 11.6 Å². The summed E-state index contributed by atoms with van der Waals surface area (Å²) in [5.74, 6) is -1.22. The van der Waals surface area contributed by atoms with E-state index in [-0.39, 0.29) is 23.4 Å². The van der Waals surface area contributed by atoms with Crippen LogP contribution >= 0.6 is 0 Å². The number of carbonyl (C=O) groups excluding carboxylic acids is 2. The number of ether oxygens (including phenoxy) is 2. The Bertz CT molecular complexity index is 1240. The summed E-state index contributed by atoms with van der Waals surface area (Å²) < 4.78 is 24.0. The van der Waals surface area contributed by atoms with Gasteiger partial charge in [0.2, 0.25) is 0 Å². The number of aliphatic hydroxyl groups excluding tert-OH is 1. The summed E-state index contributed by atoms with van der Waals surface area (Å²) in [5, 5.41) is 11.0. The number of amides is 1. The minimum Gasteiger partial charge on any atom is -0.507 e. The molecular formula is C26H23FN2O5. The predicted molar refractivity (Wildman–Crippen MR) is 123 cm³/mol. The molecule has 1 N–H and O–H groups in total. The van der Waals surface area contributed by atoms with Crippen molar-refractivity contribution in [2.24, 2.45) is 0 Å². The topological polar surface area (TPSA) is 89.0 Å². The van der Waals surface area contributed by atoms with Crippen molar-refractivity contribution in [3.8, 4) is 11.5 Å². The lowest BCUT2D eigenvalue weighted by molar-refractivity contribution is -0.139. The minimum absolute atomic E-state index is 0.0584. The molecular weight excluding hydrogens is 439 g/mol. The summed E-state index contributed by atoms with van der Waals surface area (Å²) in [6.45, 7) is 0.208. The SMILES string of the molecule is COc1ccc(CCN2C(=O)C(=O)C(=C(O)c3ccc(F)cc3)[C@@H]2c2cccnc2)cc1OC. The summed E-state index contributed by atoms with van der Waals surface area (Å²) in [4.78, 5) is 31.6. The first-order chi connectivity index (χ1) is 16.4. The summed E-state index contributed by atoms with van der Waals surface area (Å²) in [6, 6.07) is 13.1. The van der Waals surface area contributed by atoms with Crippen LogP contribution in [-0.2, 0) is 16.0 Å². The maximum atomic E-state index is 13.4. The van der Waals surface area contributed by atoms with E-state index < -0.39 is 23.5 Å². The number of likely N-dealkylation sites (tertiary alicyclic amines) is 1. The molecule has 1 atom stereocenters. The van der Waals surface area contributed by atoms with Gasteiger partial charge in [0.05, 0.1) is 25.8 Å². The highest BCUT2D eigenvalue weighted by atomic mass is 19.1. The molecule has 7 nitrogen and oxygen atoms in total. The molecule has 34 heavy (non-hydrogen) atoms. The van der Waals surface area contributed by atoms with Gasteiger partial charge in [-0.05, 0) is 60.0 Å². The number of methoxy groups -OCH3 is 2. The molecule has 1 fully saturated rings.